The van der Waals surface area contributed by atoms with E-state index < -0.39 is 41.2 Å². The maximum Gasteiger partial charge on any atom is 0.303 e. The fourth-order valence-electron chi connectivity index (χ4n) is 6.69. The third-order valence-electron chi connectivity index (χ3n) is 8.39. The SMILES string of the molecule is C=C1[C@@H](OC(C)=O)CC[C@]2(C)[C@@H]1C[C@@H]1C[C@H](OC(C)=O)C(C)=C([C@@H](O)[C@@H]2OC(C)=O)C1(C)C. The normalized spacial score (nSPS) is 37.9. The van der Waals surface area contributed by atoms with Gasteiger partial charge in [0, 0.05) is 26.2 Å². The number of carbonyl (C=O) groups is 3. The number of rotatable bonds is 3. The molecule has 2 saturated carbocycles. The van der Waals surface area contributed by atoms with E-state index in [0.29, 0.717) is 25.7 Å². The van der Waals surface area contributed by atoms with Gasteiger partial charge in [-0.2, -0.15) is 0 Å². The Hall–Kier alpha value is -2.15. The minimum absolute atomic E-state index is 0.0747. The summed E-state index contributed by atoms with van der Waals surface area (Å²) in [5.41, 5.74) is 1.38. The number of esters is 3. The van der Waals surface area contributed by atoms with Crippen LogP contribution < -0.4 is 0 Å². The smallest absolute Gasteiger partial charge is 0.303 e. The van der Waals surface area contributed by atoms with Crippen molar-refractivity contribution < 1.29 is 33.7 Å². The van der Waals surface area contributed by atoms with Crippen molar-refractivity contribution in [3.8, 4) is 0 Å². The number of carbonyl (C=O) groups excluding carboxylic acids is 3. The van der Waals surface area contributed by atoms with Gasteiger partial charge in [-0.15, -0.1) is 0 Å². The maximum absolute atomic E-state index is 12.2. The molecule has 0 radical (unpaired) electrons. The van der Waals surface area contributed by atoms with E-state index in [0.717, 1.165) is 16.7 Å². The number of aliphatic hydroxyl groups is 1. The first-order chi connectivity index (χ1) is 15.2. The Morgan fingerprint density at radius 3 is 2.03 bits per heavy atom. The molecule has 1 N–H and O–H groups in total. The van der Waals surface area contributed by atoms with Gasteiger partial charge in [0.25, 0.3) is 0 Å². The Kier molecular flexibility index (Phi) is 6.87. The molecule has 0 aliphatic heterocycles. The van der Waals surface area contributed by atoms with Gasteiger partial charge in [0.2, 0.25) is 0 Å². The van der Waals surface area contributed by atoms with Gasteiger partial charge >= 0.3 is 17.9 Å². The molecular formula is C26H38O7. The van der Waals surface area contributed by atoms with E-state index in [4.69, 9.17) is 14.2 Å². The molecule has 0 spiro atoms. The number of aliphatic hydroxyl groups excluding tert-OH is 1. The molecule has 3 rings (SSSR count). The summed E-state index contributed by atoms with van der Waals surface area (Å²) in [7, 11) is 0. The second-order valence-corrected chi connectivity index (χ2v) is 10.8. The Balaban J connectivity index is 2.17. The van der Waals surface area contributed by atoms with Crippen LogP contribution in [0.1, 0.15) is 74.1 Å². The molecule has 0 aromatic carbocycles. The second-order valence-electron chi connectivity index (χ2n) is 10.8. The molecule has 2 fully saturated rings. The largest absolute Gasteiger partial charge is 0.459 e. The van der Waals surface area contributed by atoms with E-state index >= 15 is 0 Å². The van der Waals surface area contributed by atoms with Crippen LogP contribution in [0.4, 0.5) is 0 Å². The highest BCUT2D eigenvalue weighted by atomic mass is 16.6. The topological polar surface area (TPSA) is 99.1 Å². The number of ether oxygens (including phenoxy) is 3. The molecule has 7 nitrogen and oxygen atoms in total. The van der Waals surface area contributed by atoms with E-state index in [2.05, 4.69) is 20.4 Å². The fourth-order valence-corrected chi connectivity index (χ4v) is 6.69. The maximum atomic E-state index is 12.2. The highest BCUT2D eigenvalue weighted by molar-refractivity contribution is 5.67. The summed E-state index contributed by atoms with van der Waals surface area (Å²) in [6, 6.07) is 0. The Morgan fingerprint density at radius 2 is 1.48 bits per heavy atom. The van der Waals surface area contributed by atoms with Crippen LogP contribution >= 0.6 is 0 Å². The van der Waals surface area contributed by atoms with Gasteiger partial charge in [0.05, 0.1) is 0 Å². The lowest BCUT2D eigenvalue weighted by molar-refractivity contribution is -0.176. The average Bonchev–Trinajstić information content (AvgIpc) is 2.67. The molecule has 33 heavy (non-hydrogen) atoms. The summed E-state index contributed by atoms with van der Waals surface area (Å²) in [6.45, 7) is 16.6. The zero-order valence-corrected chi connectivity index (χ0v) is 20.9. The van der Waals surface area contributed by atoms with Crippen LogP contribution in [-0.4, -0.2) is 47.4 Å². The molecule has 2 bridgehead atoms. The summed E-state index contributed by atoms with van der Waals surface area (Å²) < 4.78 is 17.1. The molecule has 3 aliphatic rings. The van der Waals surface area contributed by atoms with Crippen molar-refractivity contribution in [2.75, 3.05) is 0 Å². The molecule has 0 heterocycles. The molecule has 0 unspecified atom stereocenters. The van der Waals surface area contributed by atoms with E-state index in [1.165, 1.54) is 20.8 Å². The van der Waals surface area contributed by atoms with Gasteiger partial charge in [-0.3, -0.25) is 14.4 Å². The summed E-state index contributed by atoms with van der Waals surface area (Å²) in [4.78, 5) is 35.7. The Bertz CT molecular complexity index is 885. The van der Waals surface area contributed by atoms with E-state index in [-0.39, 0.29) is 23.8 Å². The predicted molar refractivity (Wildman–Crippen MR) is 122 cm³/mol. The number of hydrogen-bond donors (Lipinski definition) is 1. The van der Waals surface area contributed by atoms with Crippen LogP contribution in [0.25, 0.3) is 0 Å². The molecule has 184 valence electrons. The van der Waals surface area contributed by atoms with Crippen LogP contribution in [0.5, 0.6) is 0 Å². The van der Waals surface area contributed by atoms with Crippen LogP contribution in [0.2, 0.25) is 0 Å². The van der Waals surface area contributed by atoms with E-state index in [1.807, 2.05) is 13.8 Å². The summed E-state index contributed by atoms with van der Waals surface area (Å²) >= 11 is 0. The van der Waals surface area contributed by atoms with Crippen molar-refractivity contribution in [1.82, 2.24) is 0 Å². The van der Waals surface area contributed by atoms with Crippen molar-refractivity contribution in [3.05, 3.63) is 23.3 Å². The molecule has 7 atom stereocenters. The van der Waals surface area contributed by atoms with Gasteiger partial charge in [0.15, 0.2) is 0 Å². The van der Waals surface area contributed by atoms with Gasteiger partial charge < -0.3 is 19.3 Å². The molecule has 0 aromatic rings. The lowest BCUT2D eigenvalue weighted by Crippen LogP contribution is -2.58. The summed E-state index contributed by atoms with van der Waals surface area (Å²) in [5, 5.41) is 11.8. The molecule has 0 aromatic heterocycles. The lowest BCUT2D eigenvalue weighted by Gasteiger charge is -2.57. The first kappa shape index (κ1) is 25.5. The van der Waals surface area contributed by atoms with Crippen molar-refractivity contribution in [2.24, 2.45) is 22.7 Å². The Labute approximate surface area is 196 Å². The van der Waals surface area contributed by atoms with E-state index in [1.54, 1.807) is 0 Å². The average molecular weight is 463 g/mol. The van der Waals surface area contributed by atoms with Crippen LogP contribution in [0.15, 0.2) is 23.3 Å². The standard InChI is InChI=1S/C26H38O7/c1-13-19-11-18-12-21(32-16(4)28)14(2)22(25(18,6)7)23(30)24(33-17(5)29)26(19,8)10-9-20(13)31-15(3)27/h18-21,23-24,30H,1,9-12H2,2-8H3/t18-,19-,20+,21+,23-,24+,26-/m1/s1. The number of fused-ring (bicyclic) bond motifs is 3. The highest BCUT2D eigenvalue weighted by Gasteiger charge is 2.59. The third-order valence-corrected chi connectivity index (χ3v) is 8.39. The first-order valence-corrected chi connectivity index (χ1v) is 11.8. The van der Waals surface area contributed by atoms with Gasteiger partial charge in [-0.1, -0.05) is 27.4 Å². The minimum Gasteiger partial charge on any atom is -0.459 e. The zero-order valence-electron chi connectivity index (χ0n) is 20.9. The highest BCUT2D eigenvalue weighted by Crippen LogP contribution is 2.59. The molecular weight excluding hydrogens is 424 g/mol. The van der Waals surface area contributed by atoms with Crippen molar-refractivity contribution in [1.29, 1.82) is 0 Å². The minimum atomic E-state index is -1.06. The quantitative estimate of drug-likeness (QED) is 0.386. The monoisotopic (exact) mass is 462 g/mol. The van der Waals surface area contributed by atoms with Crippen LogP contribution in [0, 0.1) is 22.7 Å². The van der Waals surface area contributed by atoms with E-state index in [9.17, 15) is 19.5 Å². The van der Waals surface area contributed by atoms with Crippen molar-refractivity contribution in [3.63, 3.8) is 0 Å². The number of hydrogen-bond acceptors (Lipinski definition) is 7. The first-order valence-electron chi connectivity index (χ1n) is 11.8. The summed E-state index contributed by atoms with van der Waals surface area (Å²) in [5.74, 6) is -1.28. The molecule has 0 amide bonds. The molecule has 3 aliphatic carbocycles. The fraction of sp³-hybridized carbons (Fsp3) is 0.731. The van der Waals surface area contributed by atoms with Crippen LogP contribution in [0.3, 0.4) is 0 Å². The second kappa shape index (κ2) is 8.90. The summed E-state index contributed by atoms with van der Waals surface area (Å²) in [6.07, 6.45) is -0.248. The molecule has 0 saturated heterocycles. The third kappa shape index (κ3) is 4.48. The molecule has 7 heteroatoms. The predicted octanol–water partition coefficient (Wildman–Crippen LogP) is 3.88. The lowest BCUT2D eigenvalue weighted by atomic mass is 9.50. The van der Waals surface area contributed by atoms with Gasteiger partial charge in [-0.25, -0.2) is 0 Å². The zero-order chi connectivity index (χ0) is 24.9. The van der Waals surface area contributed by atoms with Gasteiger partial charge in [0.1, 0.15) is 24.4 Å². The van der Waals surface area contributed by atoms with Gasteiger partial charge in [-0.05, 0) is 66.6 Å². The van der Waals surface area contributed by atoms with Crippen molar-refractivity contribution >= 4 is 17.9 Å². The Morgan fingerprint density at radius 1 is 0.939 bits per heavy atom. The van der Waals surface area contributed by atoms with Crippen LogP contribution in [-0.2, 0) is 28.6 Å². The van der Waals surface area contributed by atoms with Crippen molar-refractivity contribution in [2.45, 2.75) is 98.6 Å².